The van der Waals surface area contributed by atoms with E-state index in [2.05, 4.69) is 29.1 Å². The molecule has 0 spiro atoms. The lowest BCUT2D eigenvalue weighted by molar-refractivity contribution is -0.150. The van der Waals surface area contributed by atoms with Gasteiger partial charge in [0.1, 0.15) is 5.54 Å². The molecule has 2 unspecified atom stereocenters. The summed E-state index contributed by atoms with van der Waals surface area (Å²) < 4.78 is 5.21. The summed E-state index contributed by atoms with van der Waals surface area (Å²) in [4.78, 5) is 20.6. The van der Waals surface area contributed by atoms with Crippen LogP contribution < -0.4 is 5.32 Å². The largest absolute Gasteiger partial charge is 0.465 e. The fraction of sp³-hybridized carbons (Fsp3) is 0.667. The normalized spacial score (nSPS) is 15.2. The highest BCUT2D eigenvalue weighted by molar-refractivity contribution is 7.99. The van der Waals surface area contributed by atoms with Gasteiger partial charge < -0.3 is 10.1 Å². The third-order valence-corrected chi connectivity index (χ3v) is 4.03. The molecular weight excluding hydrogens is 286 g/mol. The average molecular weight is 311 g/mol. The van der Waals surface area contributed by atoms with E-state index in [1.165, 1.54) is 0 Å². The van der Waals surface area contributed by atoms with E-state index in [1.54, 1.807) is 30.2 Å². The van der Waals surface area contributed by atoms with Crippen molar-refractivity contribution in [2.75, 3.05) is 13.2 Å². The topological polar surface area (TPSA) is 64.1 Å². The maximum atomic E-state index is 12.2. The predicted molar refractivity (Wildman–Crippen MR) is 85.3 cm³/mol. The smallest absolute Gasteiger partial charge is 0.326 e. The molecule has 1 aromatic rings. The highest BCUT2D eigenvalue weighted by atomic mass is 32.2. The SMILES string of the molecule is CCCNC(C)(CC(C)Sc1ncccn1)C(=O)OCC. The molecule has 0 amide bonds. The Bertz CT molecular complexity index is 430. The number of carbonyl (C=O) groups excluding carboxylic acids is 1. The van der Waals surface area contributed by atoms with Gasteiger partial charge >= 0.3 is 5.97 Å². The van der Waals surface area contributed by atoms with E-state index in [1.807, 2.05) is 13.8 Å². The second-order valence-corrected chi connectivity index (χ2v) is 6.55. The van der Waals surface area contributed by atoms with Crippen molar-refractivity contribution in [1.82, 2.24) is 15.3 Å². The fourth-order valence-corrected chi connectivity index (χ4v) is 3.08. The number of ether oxygens (including phenoxy) is 1. The van der Waals surface area contributed by atoms with Gasteiger partial charge in [0.15, 0.2) is 5.16 Å². The zero-order valence-corrected chi connectivity index (χ0v) is 14.1. The molecule has 5 nitrogen and oxygen atoms in total. The molecule has 0 fully saturated rings. The van der Waals surface area contributed by atoms with Gasteiger partial charge in [0, 0.05) is 17.6 Å². The third-order valence-electron chi connectivity index (χ3n) is 3.04. The Morgan fingerprint density at radius 2 is 2.10 bits per heavy atom. The number of aromatic nitrogens is 2. The number of nitrogens with one attached hydrogen (secondary N) is 1. The lowest BCUT2D eigenvalue weighted by atomic mass is 9.96. The van der Waals surface area contributed by atoms with Gasteiger partial charge in [0.05, 0.1) is 6.61 Å². The lowest BCUT2D eigenvalue weighted by Crippen LogP contribution is -2.52. The maximum absolute atomic E-state index is 12.2. The summed E-state index contributed by atoms with van der Waals surface area (Å²) in [6, 6.07) is 1.79. The number of esters is 1. The van der Waals surface area contributed by atoms with Gasteiger partial charge in [0.25, 0.3) is 0 Å². The fourth-order valence-electron chi connectivity index (χ4n) is 2.06. The number of hydrogen-bond acceptors (Lipinski definition) is 6. The van der Waals surface area contributed by atoms with Gasteiger partial charge in [-0.05, 0) is 39.3 Å². The minimum Gasteiger partial charge on any atom is -0.465 e. The molecule has 1 rings (SSSR count). The molecule has 1 N–H and O–H groups in total. The van der Waals surface area contributed by atoms with Crippen molar-refractivity contribution in [3.05, 3.63) is 18.5 Å². The van der Waals surface area contributed by atoms with E-state index in [4.69, 9.17) is 4.74 Å². The van der Waals surface area contributed by atoms with Crippen LogP contribution >= 0.6 is 11.8 Å². The second kappa shape index (κ2) is 9.00. The molecule has 0 radical (unpaired) electrons. The van der Waals surface area contributed by atoms with Gasteiger partial charge in [-0.3, -0.25) is 4.79 Å². The van der Waals surface area contributed by atoms with Crippen molar-refractivity contribution in [2.45, 2.75) is 56.5 Å². The first-order chi connectivity index (χ1) is 10.0. The molecule has 0 aliphatic heterocycles. The van der Waals surface area contributed by atoms with Crippen LogP contribution in [0, 0.1) is 0 Å². The number of carbonyl (C=O) groups is 1. The summed E-state index contributed by atoms with van der Waals surface area (Å²) in [5, 5.41) is 4.25. The zero-order chi connectivity index (χ0) is 15.7. The van der Waals surface area contributed by atoms with E-state index >= 15 is 0 Å². The predicted octanol–water partition coefficient (Wildman–Crippen LogP) is 2.67. The Morgan fingerprint density at radius 3 is 2.67 bits per heavy atom. The summed E-state index contributed by atoms with van der Waals surface area (Å²) in [7, 11) is 0. The Labute approximate surface area is 131 Å². The van der Waals surface area contributed by atoms with Crippen molar-refractivity contribution in [2.24, 2.45) is 0 Å². The highest BCUT2D eigenvalue weighted by Crippen LogP contribution is 2.27. The molecule has 0 aliphatic carbocycles. The second-order valence-electron chi connectivity index (χ2n) is 5.14. The molecule has 1 heterocycles. The van der Waals surface area contributed by atoms with E-state index in [9.17, 15) is 4.79 Å². The Hall–Kier alpha value is -1.14. The molecule has 0 saturated heterocycles. The number of nitrogens with zero attached hydrogens (tertiary/aromatic N) is 2. The first kappa shape index (κ1) is 17.9. The molecule has 21 heavy (non-hydrogen) atoms. The third kappa shape index (κ3) is 6.01. The first-order valence-electron chi connectivity index (χ1n) is 7.37. The monoisotopic (exact) mass is 311 g/mol. The molecule has 0 aliphatic rings. The van der Waals surface area contributed by atoms with Crippen molar-refractivity contribution >= 4 is 17.7 Å². The molecule has 118 valence electrons. The lowest BCUT2D eigenvalue weighted by Gasteiger charge is -2.30. The summed E-state index contributed by atoms with van der Waals surface area (Å²) in [6.45, 7) is 9.07. The number of thioether (sulfide) groups is 1. The van der Waals surface area contributed by atoms with Gasteiger partial charge in [-0.2, -0.15) is 0 Å². The molecule has 6 heteroatoms. The van der Waals surface area contributed by atoms with Crippen LogP contribution in [0.3, 0.4) is 0 Å². The van der Waals surface area contributed by atoms with Crippen LogP contribution in [0.25, 0.3) is 0 Å². The standard InChI is InChI=1S/C15H25N3O2S/c1-5-8-18-15(4,13(19)20-6-2)11-12(3)21-14-16-9-7-10-17-14/h7,9-10,12,18H,5-6,8,11H2,1-4H3. The summed E-state index contributed by atoms with van der Waals surface area (Å²) >= 11 is 1.57. The van der Waals surface area contributed by atoms with E-state index in [0.29, 0.717) is 13.0 Å². The van der Waals surface area contributed by atoms with Crippen molar-refractivity contribution in [3.63, 3.8) is 0 Å². The molecular formula is C15H25N3O2S. The molecule has 0 aromatic carbocycles. The number of hydrogen-bond donors (Lipinski definition) is 1. The first-order valence-corrected chi connectivity index (χ1v) is 8.25. The van der Waals surface area contributed by atoms with Gasteiger partial charge in [-0.1, -0.05) is 25.6 Å². The van der Waals surface area contributed by atoms with Crippen LogP contribution in [0.15, 0.2) is 23.6 Å². The van der Waals surface area contributed by atoms with Crippen molar-refractivity contribution in [1.29, 1.82) is 0 Å². The van der Waals surface area contributed by atoms with E-state index in [0.717, 1.165) is 18.1 Å². The summed E-state index contributed by atoms with van der Waals surface area (Å²) in [5.41, 5.74) is -0.673. The molecule has 0 saturated carbocycles. The van der Waals surface area contributed by atoms with Gasteiger partial charge in [-0.15, -0.1) is 0 Å². The van der Waals surface area contributed by atoms with Crippen LogP contribution in [0.5, 0.6) is 0 Å². The number of rotatable bonds is 9. The van der Waals surface area contributed by atoms with E-state index < -0.39 is 5.54 Å². The van der Waals surface area contributed by atoms with Gasteiger partial charge in [-0.25, -0.2) is 9.97 Å². The van der Waals surface area contributed by atoms with E-state index in [-0.39, 0.29) is 11.2 Å². The average Bonchev–Trinajstić information content (AvgIpc) is 2.46. The zero-order valence-electron chi connectivity index (χ0n) is 13.3. The Morgan fingerprint density at radius 1 is 1.43 bits per heavy atom. The Kier molecular flexibility index (Phi) is 7.67. The van der Waals surface area contributed by atoms with Crippen molar-refractivity contribution < 1.29 is 9.53 Å². The van der Waals surface area contributed by atoms with Crippen LogP contribution in [0.2, 0.25) is 0 Å². The van der Waals surface area contributed by atoms with Crippen molar-refractivity contribution in [3.8, 4) is 0 Å². The summed E-state index contributed by atoms with van der Waals surface area (Å²) in [5.74, 6) is -0.195. The Balaban J connectivity index is 2.68. The molecule has 0 bridgehead atoms. The maximum Gasteiger partial charge on any atom is 0.326 e. The van der Waals surface area contributed by atoms with Crippen LogP contribution in [0.1, 0.15) is 40.5 Å². The quantitative estimate of drug-likeness (QED) is 0.430. The van der Waals surface area contributed by atoms with Crippen LogP contribution in [-0.4, -0.2) is 39.9 Å². The highest BCUT2D eigenvalue weighted by Gasteiger charge is 2.35. The minimum atomic E-state index is -0.673. The minimum absolute atomic E-state index is 0.195. The van der Waals surface area contributed by atoms with Crippen LogP contribution in [-0.2, 0) is 9.53 Å². The molecule has 2 atom stereocenters. The molecule has 1 aromatic heterocycles. The van der Waals surface area contributed by atoms with Crippen LogP contribution in [0.4, 0.5) is 0 Å². The summed E-state index contributed by atoms with van der Waals surface area (Å²) in [6.07, 6.45) is 5.08. The van der Waals surface area contributed by atoms with Gasteiger partial charge in [0.2, 0.25) is 0 Å².